The number of hydrogen-bond donors (Lipinski definition) is 3. The van der Waals surface area contributed by atoms with Gasteiger partial charge in [-0.05, 0) is 25.0 Å². The molecule has 104 valence electrons. The molecule has 0 spiro atoms. The van der Waals surface area contributed by atoms with Gasteiger partial charge in [-0.2, -0.15) is 5.53 Å². The summed E-state index contributed by atoms with van der Waals surface area (Å²) in [5.74, 6) is 0.921. The molecule has 1 aromatic rings. The first-order valence-corrected chi connectivity index (χ1v) is 7.17. The number of hydrazine groups is 2. The summed E-state index contributed by atoms with van der Waals surface area (Å²) >= 11 is 0. The van der Waals surface area contributed by atoms with Crippen LogP contribution in [0.5, 0.6) is 5.75 Å². The van der Waals surface area contributed by atoms with Gasteiger partial charge in [0.15, 0.2) is 6.23 Å². The van der Waals surface area contributed by atoms with Crippen molar-refractivity contribution in [2.24, 2.45) is 0 Å². The van der Waals surface area contributed by atoms with E-state index in [4.69, 9.17) is 4.74 Å². The van der Waals surface area contributed by atoms with Crippen molar-refractivity contribution in [3.8, 4) is 5.75 Å². The van der Waals surface area contributed by atoms with Crippen LogP contribution in [-0.2, 0) is 0 Å². The van der Waals surface area contributed by atoms with E-state index in [0.717, 1.165) is 25.4 Å². The largest absolute Gasteiger partial charge is 0.473 e. The smallest absolute Gasteiger partial charge is 0.177 e. The molecule has 2 heterocycles. The molecular weight excluding hydrogens is 240 g/mol. The number of nitrogens with zero attached hydrogens (tertiary/aromatic N) is 1. The Hall–Kier alpha value is -1.30. The Labute approximate surface area is 114 Å². The van der Waals surface area contributed by atoms with Crippen LogP contribution in [0, 0.1) is 0 Å². The molecule has 5 nitrogen and oxygen atoms in total. The van der Waals surface area contributed by atoms with Gasteiger partial charge >= 0.3 is 0 Å². The molecule has 0 bridgehead atoms. The number of rotatable bonds is 3. The minimum Gasteiger partial charge on any atom is -0.473 e. The van der Waals surface area contributed by atoms with Gasteiger partial charge in [0.2, 0.25) is 0 Å². The first kappa shape index (κ1) is 12.7. The Kier molecular flexibility index (Phi) is 4.17. The fourth-order valence-electron chi connectivity index (χ4n) is 2.64. The minimum atomic E-state index is -0.0145. The summed E-state index contributed by atoms with van der Waals surface area (Å²) < 4.78 is 5.88. The highest BCUT2D eigenvalue weighted by Crippen LogP contribution is 2.24. The molecule has 0 saturated carbocycles. The predicted molar refractivity (Wildman–Crippen MR) is 75.8 cm³/mol. The quantitative estimate of drug-likeness (QED) is 0.768. The fraction of sp³-hybridized carbons (Fsp3) is 0.571. The topological polar surface area (TPSA) is 48.6 Å². The zero-order valence-electron chi connectivity index (χ0n) is 11.2. The molecular formula is C14H22N4O. The van der Waals surface area contributed by atoms with Gasteiger partial charge in [0, 0.05) is 24.8 Å². The third-order valence-electron chi connectivity index (χ3n) is 3.68. The summed E-state index contributed by atoms with van der Waals surface area (Å²) in [4.78, 5) is 2.47. The van der Waals surface area contributed by atoms with Crippen LogP contribution in [-0.4, -0.2) is 25.9 Å². The standard InChI is InChI=1S/C14H22N4O/c1-2-4-9-18(8-3-1)12-6-5-7-13(10-12)19-14-11-15-17-16-14/h5-7,10,14-17H,1-4,8-9,11H2. The second kappa shape index (κ2) is 6.23. The van der Waals surface area contributed by atoms with Crippen molar-refractivity contribution in [3.05, 3.63) is 24.3 Å². The fourth-order valence-corrected chi connectivity index (χ4v) is 2.64. The molecule has 2 saturated heterocycles. The Morgan fingerprint density at radius 2 is 1.95 bits per heavy atom. The highest BCUT2D eigenvalue weighted by Gasteiger charge is 2.15. The number of anilines is 1. The van der Waals surface area contributed by atoms with Crippen LogP contribution in [0.4, 0.5) is 5.69 Å². The highest BCUT2D eigenvalue weighted by molar-refractivity contribution is 5.50. The molecule has 19 heavy (non-hydrogen) atoms. The zero-order valence-corrected chi connectivity index (χ0v) is 11.2. The van der Waals surface area contributed by atoms with E-state index in [0.29, 0.717) is 0 Å². The van der Waals surface area contributed by atoms with Gasteiger partial charge < -0.3 is 9.64 Å². The van der Waals surface area contributed by atoms with Crippen molar-refractivity contribution in [1.82, 2.24) is 16.4 Å². The first-order valence-electron chi connectivity index (χ1n) is 7.17. The van der Waals surface area contributed by atoms with Crippen LogP contribution in [0.15, 0.2) is 24.3 Å². The van der Waals surface area contributed by atoms with Crippen LogP contribution in [0.3, 0.4) is 0 Å². The van der Waals surface area contributed by atoms with Crippen molar-refractivity contribution in [2.45, 2.75) is 31.9 Å². The lowest BCUT2D eigenvalue weighted by molar-refractivity contribution is 0.191. The van der Waals surface area contributed by atoms with E-state index in [9.17, 15) is 0 Å². The lowest BCUT2D eigenvalue weighted by atomic mass is 10.2. The van der Waals surface area contributed by atoms with Crippen molar-refractivity contribution < 1.29 is 4.74 Å². The van der Waals surface area contributed by atoms with Gasteiger partial charge in [0.05, 0.1) is 6.54 Å². The van der Waals surface area contributed by atoms with Gasteiger partial charge in [-0.1, -0.05) is 18.9 Å². The molecule has 2 aliphatic heterocycles. The minimum absolute atomic E-state index is 0.0145. The van der Waals surface area contributed by atoms with Crippen molar-refractivity contribution >= 4 is 5.69 Å². The molecule has 0 aromatic heterocycles. The van der Waals surface area contributed by atoms with Gasteiger partial charge in [-0.15, -0.1) is 0 Å². The van der Waals surface area contributed by atoms with Crippen LogP contribution in [0.2, 0.25) is 0 Å². The molecule has 0 aliphatic carbocycles. The molecule has 3 N–H and O–H groups in total. The summed E-state index contributed by atoms with van der Waals surface area (Å²) in [7, 11) is 0. The summed E-state index contributed by atoms with van der Waals surface area (Å²) in [5.41, 5.74) is 10.1. The zero-order chi connectivity index (χ0) is 12.9. The van der Waals surface area contributed by atoms with E-state index in [1.54, 1.807) is 0 Å². The molecule has 0 amide bonds. The molecule has 5 heteroatoms. The average molecular weight is 262 g/mol. The van der Waals surface area contributed by atoms with Gasteiger partial charge in [-0.3, -0.25) is 0 Å². The maximum absolute atomic E-state index is 5.88. The SMILES string of the molecule is c1cc(OC2CNNN2)cc(N2CCCCCC2)c1. The molecule has 2 fully saturated rings. The van der Waals surface area contributed by atoms with E-state index < -0.39 is 0 Å². The van der Waals surface area contributed by atoms with E-state index in [1.165, 1.54) is 31.4 Å². The number of nitrogens with one attached hydrogen (secondary N) is 3. The Morgan fingerprint density at radius 1 is 1.11 bits per heavy atom. The summed E-state index contributed by atoms with van der Waals surface area (Å²) in [6.45, 7) is 3.08. The molecule has 1 unspecified atom stereocenters. The number of ether oxygens (including phenoxy) is 1. The highest BCUT2D eigenvalue weighted by atomic mass is 16.5. The normalized spacial score (nSPS) is 24.2. The molecule has 0 radical (unpaired) electrons. The van der Waals surface area contributed by atoms with Crippen molar-refractivity contribution in [1.29, 1.82) is 0 Å². The van der Waals surface area contributed by atoms with Crippen LogP contribution in [0.1, 0.15) is 25.7 Å². The number of benzene rings is 1. The van der Waals surface area contributed by atoms with Crippen LogP contribution < -0.4 is 26.0 Å². The third kappa shape index (κ3) is 3.37. The Morgan fingerprint density at radius 3 is 2.68 bits per heavy atom. The van der Waals surface area contributed by atoms with Gasteiger partial charge in [-0.25, -0.2) is 10.9 Å². The summed E-state index contributed by atoms with van der Waals surface area (Å²) in [6, 6.07) is 8.41. The maximum Gasteiger partial charge on any atom is 0.177 e. The lowest BCUT2D eigenvalue weighted by Crippen LogP contribution is -2.36. The maximum atomic E-state index is 5.88. The van der Waals surface area contributed by atoms with Gasteiger partial charge in [0.25, 0.3) is 0 Å². The van der Waals surface area contributed by atoms with Crippen molar-refractivity contribution in [2.75, 3.05) is 24.5 Å². The van der Waals surface area contributed by atoms with Gasteiger partial charge in [0.1, 0.15) is 5.75 Å². The molecule has 3 rings (SSSR count). The Bertz CT molecular complexity index is 398. The summed E-state index contributed by atoms with van der Waals surface area (Å²) in [5, 5.41) is 0. The predicted octanol–water partition coefficient (Wildman–Crippen LogP) is 1.38. The van der Waals surface area contributed by atoms with Crippen molar-refractivity contribution in [3.63, 3.8) is 0 Å². The monoisotopic (exact) mass is 262 g/mol. The molecule has 2 aliphatic rings. The van der Waals surface area contributed by atoms with Crippen LogP contribution >= 0.6 is 0 Å². The third-order valence-corrected chi connectivity index (χ3v) is 3.68. The first-order chi connectivity index (χ1) is 9.42. The Balaban J connectivity index is 1.67. The second-order valence-electron chi connectivity index (χ2n) is 5.16. The van der Waals surface area contributed by atoms with Crippen LogP contribution in [0.25, 0.3) is 0 Å². The van der Waals surface area contributed by atoms with E-state index in [-0.39, 0.29) is 6.23 Å². The lowest BCUT2D eigenvalue weighted by Gasteiger charge is -2.23. The second-order valence-corrected chi connectivity index (χ2v) is 5.16. The van der Waals surface area contributed by atoms with E-state index in [1.807, 2.05) is 6.07 Å². The molecule has 1 aromatic carbocycles. The van der Waals surface area contributed by atoms with E-state index >= 15 is 0 Å². The molecule has 1 atom stereocenters. The summed E-state index contributed by atoms with van der Waals surface area (Å²) in [6.07, 6.45) is 5.29. The average Bonchev–Trinajstić information content (AvgIpc) is 2.79. The number of hydrogen-bond acceptors (Lipinski definition) is 5. The van der Waals surface area contributed by atoms with E-state index in [2.05, 4.69) is 39.5 Å².